The van der Waals surface area contributed by atoms with Crippen molar-refractivity contribution >= 4 is 17.8 Å². The zero-order valence-corrected chi connectivity index (χ0v) is 19.4. The number of rotatable bonds is 9. The summed E-state index contributed by atoms with van der Waals surface area (Å²) in [4.78, 5) is 42.1. The van der Waals surface area contributed by atoms with Crippen LogP contribution >= 0.6 is 0 Å². The molecule has 3 aliphatic heterocycles. The van der Waals surface area contributed by atoms with Gasteiger partial charge >= 0.3 is 5.97 Å². The number of esters is 1. The Morgan fingerprint density at radius 3 is 2.59 bits per heavy atom. The number of nitrogens with zero attached hydrogens (tertiary/aromatic N) is 1. The zero-order valence-electron chi connectivity index (χ0n) is 19.4. The Balaban J connectivity index is 1.67. The lowest BCUT2D eigenvalue weighted by Gasteiger charge is -2.35. The number of unbranched alkanes of at least 4 members (excludes halogenated alkanes) is 1. The fraction of sp³-hybridized carbons (Fsp3) is 0.875. The van der Waals surface area contributed by atoms with E-state index in [1.165, 1.54) is 6.42 Å². The summed E-state index contributed by atoms with van der Waals surface area (Å²) in [6.45, 7) is 4.40. The van der Waals surface area contributed by atoms with E-state index in [-0.39, 0.29) is 31.1 Å². The van der Waals surface area contributed by atoms with Crippen molar-refractivity contribution in [3.05, 3.63) is 0 Å². The summed E-state index contributed by atoms with van der Waals surface area (Å²) in [5, 5.41) is 12.4. The molecule has 3 saturated heterocycles. The zero-order chi connectivity index (χ0) is 22.9. The third kappa shape index (κ3) is 3.63. The van der Waals surface area contributed by atoms with Crippen LogP contribution in [0.4, 0.5) is 0 Å². The van der Waals surface area contributed by atoms with Crippen molar-refractivity contribution in [2.75, 3.05) is 19.8 Å². The molecule has 1 aliphatic carbocycles. The van der Waals surface area contributed by atoms with E-state index >= 15 is 0 Å². The molecule has 0 aromatic rings. The molecule has 8 nitrogen and oxygen atoms in total. The first-order valence-electron chi connectivity index (χ1n) is 12.5. The van der Waals surface area contributed by atoms with Crippen LogP contribution in [0.25, 0.3) is 0 Å². The maximum Gasteiger partial charge on any atom is 0.312 e. The fourth-order valence-corrected chi connectivity index (χ4v) is 6.77. The molecule has 2 bridgehead atoms. The van der Waals surface area contributed by atoms with Gasteiger partial charge in [-0.15, -0.1) is 0 Å². The van der Waals surface area contributed by atoms with Crippen molar-refractivity contribution in [2.24, 2.45) is 11.8 Å². The van der Waals surface area contributed by atoms with E-state index in [9.17, 15) is 19.5 Å². The van der Waals surface area contributed by atoms with E-state index in [2.05, 4.69) is 5.32 Å². The van der Waals surface area contributed by atoms with E-state index in [0.717, 1.165) is 25.7 Å². The summed E-state index contributed by atoms with van der Waals surface area (Å²) in [6.07, 6.45) is 8.30. The van der Waals surface area contributed by atoms with Gasteiger partial charge in [0.25, 0.3) is 0 Å². The van der Waals surface area contributed by atoms with Crippen molar-refractivity contribution in [1.29, 1.82) is 0 Å². The molecule has 2 unspecified atom stereocenters. The minimum absolute atomic E-state index is 0.0381. The second-order valence-corrected chi connectivity index (χ2v) is 9.89. The quantitative estimate of drug-likeness (QED) is 0.411. The van der Waals surface area contributed by atoms with E-state index in [4.69, 9.17) is 9.47 Å². The Hall–Kier alpha value is -1.67. The normalized spacial score (nSPS) is 36.4. The summed E-state index contributed by atoms with van der Waals surface area (Å²) >= 11 is 0. The molecule has 2 amide bonds. The number of aliphatic hydroxyl groups is 1. The molecule has 4 fully saturated rings. The van der Waals surface area contributed by atoms with Crippen LogP contribution in [-0.4, -0.2) is 70.8 Å². The Bertz CT molecular complexity index is 738. The molecule has 32 heavy (non-hydrogen) atoms. The molecule has 8 heteroatoms. The molecule has 2 N–H and O–H groups in total. The fourth-order valence-electron chi connectivity index (χ4n) is 6.77. The smallest absolute Gasteiger partial charge is 0.312 e. The lowest BCUT2D eigenvalue weighted by Crippen LogP contribution is -2.57. The number of aliphatic hydroxyl groups excluding tert-OH is 1. The Morgan fingerprint density at radius 1 is 1.19 bits per heavy atom. The average Bonchev–Trinajstić information content (AvgIpc) is 3.39. The molecule has 1 saturated carbocycles. The highest BCUT2D eigenvalue weighted by molar-refractivity contribution is 5.98. The molecule has 4 rings (SSSR count). The predicted molar refractivity (Wildman–Crippen MR) is 117 cm³/mol. The van der Waals surface area contributed by atoms with Gasteiger partial charge in [0.15, 0.2) is 0 Å². The summed E-state index contributed by atoms with van der Waals surface area (Å²) in [7, 11) is 0. The Morgan fingerprint density at radius 2 is 1.94 bits per heavy atom. The number of carbonyl (C=O) groups excluding carboxylic acids is 3. The van der Waals surface area contributed by atoms with Crippen molar-refractivity contribution in [3.63, 3.8) is 0 Å². The van der Waals surface area contributed by atoms with Crippen LogP contribution < -0.4 is 5.32 Å². The van der Waals surface area contributed by atoms with E-state index in [1.807, 2.05) is 6.92 Å². The van der Waals surface area contributed by atoms with Crippen molar-refractivity contribution < 1.29 is 29.0 Å². The van der Waals surface area contributed by atoms with Crippen molar-refractivity contribution in [2.45, 2.75) is 101 Å². The molecule has 180 valence electrons. The van der Waals surface area contributed by atoms with Gasteiger partial charge in [-0.05, 0) is 51.9 Å². The second kappa shape index (κ2) is 9.29. The maximum absolute atomic E-state index is 13.7. The van der Waals surface area contributed by atoms with Crippen LogP contribution in [0.1, 0.15) is 78.1 Å². The predicted octanol–water partition coefficient (Wildman–Crippen LogP) is 1.93. The Labute approximate surface area is 190 Å². The van der Waals surface area contributed by atoms with Gasteiger partial charge in [0.1, 0.15) is 17.6 Å². The monoisotopic (exact) mass is 450 g/mol. The topological polar surface area (TPSA) is 105 Å². The lowest BCUT2D eigenvalue weighted by atomic mass is 9.65. The number of carbonyl (C=O) groups is 3. The third-order valence-corrected chi connectivity index (χ3v) is 8.23. The van der Waals surface area contributed by atoms with Gasteiger partial charge in [0.2, 0.25) is 11.8 Å². The maximum atomic E-state index is 13.7. The summed E-state index contributed by atoms with van der Waals surface area (Å²) in [5.41, 5.74) is -1.73. The van der Waals surface area contributed by atoms with Gasteiger partial charge in [-0.25, -0.2) is 0 Å². The van der Waals surface area contributed by atoms with E-state index < -0.39 is 35.0 Å². The van der Waals surface area contributed by atoms with Crippen LogP contribution in [-0.2, 0) is 23.9 Å². The van der Waals surface area contributed by atoms with Gasteiger partial charge in [-0.2, -0.15) is 0 Å². The van der Waals surface area contributed by atoms with Gasteiger partial charge in [0, 0.05) is 19.2 Å². The molecule has 0 aromatic heterocycles. The lowest BCUT2D eigenvalue weighted by molar-refractivity contribution is -0.160. The van der Waals surface area contributed by atoms with Gasteiger partial charge in [0.05, 0.1) is 18.1 Å². The molecular formula is C24H38N2O6. The van der Waals surface area contributed by atoms with Gasteiger partial charge in [-0.1, -0.05) is 26.2 Å². The summed E-state index contributed by atoms with van der Waals surface area (Å²) in [6, 6.07) is -0.617. The van der Waals surface area contributed by atoms with Crippen molar-refractivity contribution in [1.82, 2.24) is 10.2 Å². The van der Waals surface area contributed by atoms with Crippen molar-refractivity contribution in [3.8, 4) is 0 Å². The number of fused-ring (bicyclic) bond motifs is 1. The van der Waals surface area contributed by atoms with Crippen LogP contribution in [0.5, 0.6) is 0 Å². The molecule has 5 atom stereocenters. The summed E-state index contributed by atoms with van der Waals surface area (Å²) in [5.74, 6) is -2.10. The van der Waals surface area contributed by atoms with Gasteiger partial charge in [-0.3, -0.25) is 14.4 Å². The highest BCUT2D eigenvalue weighted by atomic mass is 16.6. The Kier molecular flexibility index (Phi) is 6.82. The average molecular weight is 451 g/mol. The summed E-state index contributed by atoms with van der Waals surface area (Å²) < 4.78 is 12.0. The van der Waals surface area contributed by atoms with Crippen LogP contribution in [0.3, 0.4) is 0 Å². The first-order valence-corrected chi connectivity index (χ1v) is 12.5. The highest BCUT2D eigenvalue weighted by Gasteiger charge is 2.78. The number of likely N-dealkylation sites (tertiary alicyclic amines) is 1. The van der Waals surface area contributed by atoms with Crippen LogP contribution in [0.2, 0.25) is 0 Å². The van der Waals surface area contributed by atoms with Crippen LogP contribution in [0, 0.1) is 11.8 Å². The molecule has 3 heterocycles. The number of hydrogen-bond donors (Lipinski definition) is 2. The molecular weight excluding hydrogens is 412 g/mol. The molecule has 0 radical (unpaired) electrons. The van der Waals surface area contributed by atoms with E-state index in [1.54, 1.807) is 11.8 Å². The third-order valence-electron chi connectivity index (χ3n) is 8.23. The number of ether oxygens (including phenoxy) is 2. The standard InChI is InChI=1S/C24H38N2O6/c1-3-23-12-13-24(32-23)17(18(23)22(30)31-4-2)21(29)26(14-8-9-15-27)19(24)20(28)25-16-10-6-5-7-11-16/h16-19,27H,3-15H2,1-2H3,(H,25,28)/t17-,18+,19?,23-,24?/m0/s1. The van der Waals surface area contributed by atoms with E-state index in [0.29, 0.717) is 38.6 Å². The SMILES string of the molecule is CCOC(=O)[C@H]1[C@H]2C(=O)N(CCCCO)C(C(=O)NC3CCCCC3)C23CC[C@]1(CC)O3. The van der Waals surface area contributed by atoms with Gasteiger partial charge < -0.3 is 24.8 Å². The highest BCUT2D eigenvalue weighted by Crippen LogP contribution is 2.64. The van der Waals surface area contributed by atoms with Crippen LogP contribution in [0.15, 0.2) is 0 Å². The first kappa shape index (κ1) is 23.5. The largest absolute Gasteiger partial charge is 0.466 e. The number of amides is 2. The molecule has 4 aliphatic rings. The molecule has 1 spiro atoms. The second-order valence-electron chi connectivity index (χ2n) is 9.89. The number of hydrogen-bond acceptors (Lipinski definition) is 6. The number of nitrogens with one attached hydrogen (secondary N) is 1. The minimum atomic E-state index is -0.984. The molecule has 0 aromatic carbocycles. The first-order chi connectivity index (χ1) is 15.4. The minimum Gasteiger partial charge on any atom is -0.466 e.